The molecule has 9 heteroatoms. The van der Waals surface area contributed by atoms with E-state index >= 15 is 0 Å². The molecule has 7 nitrogen and oxygen atoms in total. The third kappa shape index (κ3) is 2.69. The molecule has 2 aromatic carbocycles. The summed E-state index contributed by atoms with van der Waals surface area (Å²) in [5.74, 6) is 1.58. The van der Waals surface area contributed by atoms with Crippen molar-refractivity contribution in [3.05, 3.63) is 46.2 Å². The molecule has 0 bridgehead atoms. The van der Waals surface area contributed by atoms with Gasteiger partial charge in [0.1, 0.15) is 5.82 Å². The molecular formula is C18H15BrFN5O2. The minimum absolute atomic E-state index is 0.180. The lowest BCUT2D eigenvalue weighted by molar-refractivity contribution is 0.297. The molecule has 3 aromatic rings. The molecule has 27 heavy (non-hydrogen) atoms. The van der Waals surface area contributed by atoms with Crippen LogP contribution in [-0.2, 0) is 0 Å². The number of aliphatic imine (C=N–C) groups is 1. The summed E-state index contributed by atoms with van der Waals surface area (Å²) >= 11 is 3.28. The standard InChI is InChI=1S/C18H15BrFN5O2/c19-9-2-3-10(11(20)6-9)16-23-17(21)24-18-22-12-7-14-15(8-13(12)25(16)18)27-5-1-4-26-14/h2-3,6-8,16H,1,4-5H2,(H3,21,22,23,24)/t16-/m1/s1. The van der Waals surface area contributed by atoms with Crippen LogP contribution in [-0.4, -0.2) is 28.7 Å². The lowest BCUT2D eigenvalue weighted by Gasteiger charge is -2.24. The van der Waals surface area contributed by atoms with Gasteiger partial charge in [0, 0.05) is 28.6 Å². The minimum atomic E-state index is -0.677. The maximum atomic E-state index is 14.7. The van der Waals surface area contributed by atoms with E-state index in [1.54, 1.807) is 12.1 Å². The Morgan fingerprint density at radius 2 is 1.96 bits per heavy atom. The predicted molar refractivity (Wildman–Crippen MR) is 103 cm³/mol. The molecule has 0 saturated heterocycles. The lowest BCUT2D eigenvalue weighted by atomic mass is 10.1. The van der Waals surface area contributed by atoms with E-state index in [1.807, 2.05) is 16.7 Å². The van der Waals surface area contributed by atoms with E-state index in [4.69, 9.17) is 15.2 Å². The molecule has 2 aliphatic rings. The molecule has 5 rings (SSSR count). The molecule has 0 amide bonds. The molecule has 0 radical (unpaired) electrons. The number of nitrogens with zero attached hydrogens (tertiary/aromatic N) is 3. The average molecular weight is 432 g/mol. The van der Waals surface area contributed by atoms with E-state index in [9.17, 15) is 4.39 Å². The second-order valence-electron chi connectivity index (χ2n) is 6.32. The summed E-state index contributed by atoms with van der Waals surface area (Å²) in [5, 5.41) is 2.95. The molecule has 0 spiro atoms. The highest BCUT2D eigenvalue weighted by molar-refractivity contribution is 9.10. The van der Waals surface area contributed by atoms with Crippen molar-refractivity contribution in [2.24, 2.45) is 10.7 Å². The number of anilines is 1. The Balaban J connectivity index is 1.72. The Kier molecular flexibility index (Phi) is 3.71. The van der Waals surface area contributed by atoms with Crippen molar-refractivity contribution in [1.29, 1.82) is 0 Å². The zero-order valence-electron chi connectivity index (χ0n) is 14.1. The molecule has 3 N–H and O–H groups in total. The number of nitrogens with one attached hydrogen (secondary N) is 1. The second kappa shape index (κ2) is 6.12. The summed E-state index contributed by atoms with van der Waals surface area (Å²) in [6.07, 6.45) is 0.135. The zero-order valence-corrected chi connectivity index (χ0v) is 15.7. The summed E-state index contributed by atoms with van der Waals surface area (Å²) in [6, 6.07) is 8.55. The first kappa shape index (κ1) is 16.4. The van der Waals surface area contributed by atoms with Gasteiger partial charge in [0.15, 0.2) is 23.6 Å². The molecule has 0 saturated carbocycles. The molecule has 2 aliphatic heterocycles. The third-order valence-electron chi connectivity index (χ3n) is 4.55. The van der Waals surface area contributed by atoms with Gasteiger partial charge in [0.2, 0.25) is 5.95 Å². The van der Waals surface area contributed by atoms with Crippen LogP contribution in [0, 0.1) is 5.82 Å². The van der Waals surface area contributed by atoms with Crippen molar-refractivity contribution >= 4 is 38.9 Å². The number of aromatic nitrogens is 2. The summed E-state index contributed by atoms with van der Waals surface area (Å²) in [6.45, 7) is 1.17. The Morgan fingerprint density at radius 3 is 2.74 bits per heavy atom. The highest BCUT2D eigenvalue weighted by Gasteiger charge is 2.28. The van der Waals surface area contributed by atoms with Gasteiger partial charge in [-0.05, 0) is 12.1 Å². The van der Waals surface area contributed by atoms with E-state index in [-0.39, 0.29) is 11.8 Å². The van der Waals surface area contributed by atoms with E-state index in [0.29, 0.717) is 46.2 Å². The van der Waals surface area contributed by atoms with E-state index in [1.165, 1.54) is 6.07 Å². The first-order chi connectivity index (χ1) is 13.1. The molecule has 0 fully saturated rings. The largest absolute Gasteiger partial charge is 0.489 e. The molecule has 138 valence electrons. The number of hydrogen-bond acceptors (Lipinski definition) is 6. The molecule has 0 unspecified atom stereocenters. The Hall–Kier alpha value is -2.81. The fraction of sp³-hybridized carbons (Fsp3) is 0.222. The SMILES string of the molecule is NC1=N[C@@H](c2ccc(Br)cc2F)n2c(nc3cc4c(cc32)OCCCO4)N1. The first-order valence-electron chi connectivity index (χ1n) is 8.47. The van der Waals surface area contributed by atoms with Crippen LogP contribution in [0.5, 0.6) is 11.5 Å². The Labute approximate surface area is 162 Å². The molecule has 1 atom stereocenters. The topological polar surface area (TPSA) is 86.7 Å². The number of guanidine groups is 1. The quantitative estimate of drug-likeness (QED) is 0.616. The van der Waals surface area contributed by atoms with Crippen LogP contribution in [0.1, 0.15) is 18.2 Å². The van der Waals surface area contributed by atoms with Crippen molar-refractivity contribution in [1.82, 2.24) is 9.55 Å². The van der Waals surface area contributed by atoms with Crippen molar-refractivity contribution in [3.63, 3.8) is 0 Å². The normalized spacial score (nSPS) is 18.4. The van der Waals surface area contributed by atoms with E-state index in [0.717, 1.165) is 11.9 Å². The highest BCUT2D eigenvalue weighted by atomic mass is 79.9. The van der Waals surface area contributed by atoms with Crippen molar-refractivity contribution < 1.29 is 13.9 Å². The molecule has 3 heterocycles. The van der Waals surface area contributed by atoms with Gasteiger partial charge in [-0.3, -0.25) is 9.88 Å². The van der Waals surface area contributed by atoms with Crippen LogP contribution >= 0.6 is 15.9 Å². The summed E-state index contributed by atoms with van der Waals surface area (Å²) < 4.78 is 28.6. The number of imidazole rings is 1. The molecular weight excluding hydrogens is 417 g/mol. The van der Waals surface area contributed by atoms with Crippen LogP contribution in [0.25, 0.3) is 11.0 Å². The number of rotatable bonds is 1. The number of ether oxygens (including phenoxy) is 2. The van der Waals surface area contributed by atoms with Crippen LogP contribution in [0.4, 0.5) is 10.3 Å². The second-order valence-corrected chi connectivity index (χ2v) is 7.24. The predicted octanol–water partition coefficient (Wildman–Crippen LogP) is 3.39. The van der Waals surface area contributed by atoms with Gasteiger partial charge in [0.25, 0.3) is 0 Å². The summed E-state index contributed by atoms with van der Waals surface area (Å²) in [7, 11) is 0. The third-order valence-corrected chi connectivity index (χ3v) is 5.04. The Bertz CT molecular complexity index is 1100. The fourth-order valence-electron chi connectivity index (χ4n) is 3.34. The van der Waals surface area contributed by atoms with Gasteiger partial charge in [-0.1, -0.05) is 22.0 Å². The molecule has 1 aromatic heterocycles. The average Bonchev–Trinajstić information content (AvgIpc) is 2.81. The van der Waals surface area contributed by atoms with Gasteiger partial charge in [0.05, 0.1) is 24.2 Å². The minimum Gasteiger partial charge on any atom is -0.489 e. The summed E-state index contributed by atoms with van der Waals surface area (Å²) in [5.41, 5.74) is 7.77. The van der Waals surface area contributed by atoms with Crippen molar-refractivity contribution in [2.75, 3.05) is 18.5 Å². The van der Waals surface area contributed by atoms with Gasteiger partial charge < -0.3 is 15.2 Å². The number of hydrogen-bond donors (Lipinski definition) is 2. The number of nitrogens with two attached hydrogens (primary N) is 1. The van der Waals surface area contributed by atoms with Gasteiger partial charge in [-0.15, -0.1) is 0 Å². The maximum Gasteiger partial charge on any atom is 0.212 e. The van der Waals surface area contributed by atoms with Crippen LogP contribution in [0.2, 0.25) is 0 Å². The van der Waals surface area contributed by atoms with Gasteiger partial charge in [-0.2, -0.15) is 0 Å². The molecule has 0 aliphatic carbocycles. The smallest absolute Gasteiger partial charge is 0.212 e. The maximum absolute atomic E-state index is 14.7. The lowest BCUT2D eigenvalue weighted by Crippen LogP contribution is -2.31. The number of benzene rings is 2. The first-order valence-corrected chi connectivity index (χ1v) is 9.26. The Morgan fingerprint density at radius 1 is 1.19 bits per heavy atom. The van der Waals surface area contributed by atoms with E-state index < -0.39 is 6.17 Å². The van der Waals surface area contributed by atoms with Gasteiger partial charge >= 0.3 is 0 Å². The van der Waals surface area contributed by atoms with Crippen LogP contribution in [0.3, 0.4) is 0 Å². The number of halogens is 2. The van der Waals surface area contributed by atoms with Gasteiger partial charge in [-0.25, -0.2) is 14.4 Å². The zero-order chi connectivity index (χ0) is 18.5. The van der Waals surface area contributed by atoms with Crippen LogP contribution < -0.4 is 20.5 Å². The highest BCUT2D eigenvalue weighted by Crippen LogP contribution is 2.39. The number of fused-ring (bicyclic) bond motifs is 4. The van der Waals surface area contributed by atoms with Crippen molar-refractivity contribution in [2.45, 2.75) is 12.6 Å². The van der Waals surface area contributed by atoms with Crippen LogP contribution in [0.15, 0.2) is 39.8 Å². The fourth-order valence-corrected chi connectivity index (χ4v) is 3.68. The van der Waals surface area contributed by atoms with E-state index in [2.05, 4.69) is 31.2 Å². The summed E-state index contributed by atoms with van der Waals surface area (Å²) in [4.78, 5) is 9.01. The monoisotopic (exact) mass is 431 g/mol. The van der Waals surface area contributed by atoms with Crippen molar-refractivity contribution in [3.8, 4) is 11.5 Å².